The van der Waals surface area contributed by atoms with Crippen molar-refractivity contribution in [1.82, 2.24) is 19.8 Å². The van der Waals surface area contributed by atoms with Crippen LogP contribution in [-0.2, 0) is 32.0 Å². The number of halogens is 2. The first-order valence-electron chi connectivity index (χ1n) is 22.3. The van der Waals surface area contributed by atoms with E-state index in [1.807, 2.05) is 60.7 Å². The lowest BCUT2D eigenvalue weighted by Crippen LogP contribution is -2.58. The van der Waals surface area contributed by atoms with Gasteiger partial charge in [-0.25, -0.2) is 0 Å². The fourth-order valence-electron chi connectivity index (χ4n) is 11.7. The number of carbonyl (C=O) groups is 2. The fourth-order valence-corrected chi connectivity index (χ4v) is 12.0. The first-order valence-corrected chi connectivity index (χ1v) is 23.1. The number of carbonyl (C=O) groups excluding carboxylic acids is 2. The smallest absolute Gasteiger partial charge is 0.228 e. The Labute approximate surface area is 414 Å². The molecule has 70 heavy (non-hydrogen) atoms. The summed E-state index contributed by atoms with van der Waals surface area (Å²) in [5, 5.41) is 69.0. The van der Waals surface area contributed by atoms with E-state index < -0.39 is 57.3 Å². The van der Waals surface area contributed by atoms with Gasteiger partial charge in [0.25, 0.3) is 0 Å². The first-order chi connectivity index (χ1) is 33.2. The molecule has 2 fully saturated rings. The lowest BCUT2D eigenvalue weighted by molar-refractivity contribution is -0.199. The average molecular weight is 980 g/mol. The van der Waals surface area contributed by atoms with E-state index in [0.717, 1.165) is 0 Å². The summed E-state index contributed by atoms with van der Waals surface area (Å²) in [7, 11) is 6.44. The van der Waals surface area contributed by atoms with E-state index >= 15 is 0 Å². The largest absolute Gasteiger partial charge is 0.476 e. The van der Waals surface area contributed by atoms with Crippen LogP contribution < -0.4 is 9.47 Å². The predicted molar refractivity (Wildman–Crippen MR) is 257 cm³/mol. The van der Waals surface area contributed by atoms with Gasteiger partial charge in [-0.3, -0.25) is 19.6 Å². The minimum atomic E-state index is -2.13. The number of fused-ring (bicyclic) bond motifs is 6. The molecule has 0 spiro atoms. The number of nitriles is 2. The third-order valence-corrected chi connectivity index (χ3v) is 15.2. The quantitative estimate of drug-likeness (QED) is 0.138. The minimum absolute atomic E-state index is 0.103. The highest BCUT2D eigenvalue weighted by Crippen LogP contribution is 2.73. The third kappa shape index (κ3) is 6.45. The highest BCUT2D eigenvalue weighted by Gasteiger charge is 2.84. The molecule has 2 aromatic heterocycles. The topological polar surface area (TPSA) is 213 Å². The number of pyridine rings is 2. The lowest BCUT2D eigenvalue weighted by Gasteiger charge is -2.42. The second-order valence-electron chi connectivity index (χ2n) is 19.0. The summed E-state index contributed by atoms with van der Waals surface area (Å²) < 4.78 is 13.2. The summed E-state index contributed by atoms with van der Waals surface area (Å²) in [4.78, 5) is 38.9. The van der Waals surface area contributed by atoms with Gasteiger partial charge >= 0.3 is 0 Å². The van der Waals surface area contributed by atoms with Crippen LogP contribution in [0, 0.1) is 34.5 Å². The van der Waals surface area contributed by atoms with Gasteiger partial charge in [0.15, 0.2) is 22.4 Å². The third-order valence-electron chi connectivity index (χ3n) is 14.8. The molecule has 4 aliphatic rings. The van der Waals surface area contributed by atoms with Crippen molar-refractivity contribution in [2.75, 3.05) is 28.2 Å². The molecule has 2 saturated carbocycles. The molecule has 4 aromatic carbocycles. The van der Waals surface area contributed by atoms with Gasteiger partial charge in [-0.05, 0) is 60.4 Å². The highest BCUT2D eigenvalue weighted by molar-refractivity contribution is 6.30. The number of hydrogen-bond donors (Lipinski definition) is 4. The van der Waals surface area contributed by atoms with Crippen LogP contribution >= 0.6 is 23.2 Å². The first kappa shape index (κ1) is 48.2. The van der Waals surface area contributed by atoms with Crippen molar-refractivity contribution in [3.8, 4) is 23.6 Å². The summed E-state index contributed by atoms with van der Waals surface area (Å²) in [6, 6.07) is 38.9. The maximum absolute atomic E-state index is 13.7. The van der Waals surface area contributed by atoms with Crippen molar-refractivity contribution in [3.05, 3.63) is 189 Å². The van der Waals surface area contributed by atoms with Crippen molar-refractivity contribution >= 4 is 35.0 Å². The Kier molecular flexibility index (Phi) is 11.6. The zero-order valence-electron chi connectivity index (χ0n) is 38.9. The van der Waals surface area contributed by atoms with Crippen molar-refractivity contribution in [2.24, 2.45) is 11.8 Å². The molecule has 2 amide bonds. The number of rotatable bonds is 6. The van der Waals surface area contributed by atoms with Crippen LogP contribution in [-0.4, -0.2) is 91.4 Å². The van der Waals surface area contributed by atoms with Crippen LogP contribution in [0.1, 0.15) is 70.5 Å². The van der Waals surface area contributed by atoms with Crippen LogP contribution in [0.5, 0.6) is 11.5 Å². The Morgan fingerprint density at radius 3 is 1.20 bits per heavy atom. The molecule has 0 unspecified atom stereocenters. The van der Waals surface area contributed by atoms with Gasteiger partial charge in [0, 0.05) is 64.6 Å². The van der Waals surface area contributed by atoms with E-state index in [1.165, 1.54) is 36.0 Å². The predicted octanol–water partition coefficient (Wildman–Crippen LogP) is 6.67. The molecule has 16 heteroatoms. The molecule has 10 rings (SSSR count). The highest BCUT2D eigenvalue weighted by atomic mass is 35.5. The molecule has 6 aromatic rings. The minimum Gasteiger partial charge on any atom is -0.476 e. The SMILES string of the molecule is CN(C)C(=O)[C@@H]1[C@@H](c2ccccc2)[C@]2(c3ccc(C#N)cc3)Oc3cc(Cl)cnc3[C@]2(O)[C@@]1(C)O.CN(C)C(=O)[C@@H]1[C@@H](c2ccccc2)[C@]2(c3ccc(C#N)cc3)Oc3cc(Cl)cnc3[C@]2(O)[C@]1(C)O. The molecule has 10 atom stereocenters. The Morgan fingerprint density at radius 2 is 0.900 bits per heavy atom. The number of ether oxygens (including phenoxy) is 2. The Hall–Kier alpha value is -6.88. The fraction of sp³-hybridized carbons (Fsp3) is 0.296. The molecule has 4 N–H and O–H groups in total. The van der Waals surface area contributed by atoms with Gasteiger partial charge in [-0.15, -0.1) is 0 Å². The van der Waals surface area contributed by atoms with Gasteiger partial charge in [-0.1, -0.05) is 108 Å². The van der Waals surface area contributed by atoms with Gasteiger partial charge in [-0.2, -0.15) is 10.5 Å². The molecule has 356 valence electrons. The van der Waals surface area contributed by atoms with Crippen molar-refractivity contribution in [2.45, 2.75) is 59.3 Å². The number of benzene rings is 4. The van der Waals surface area contributed by atoms with Gasteiger partial charge < -0.3 is 39.7 Å². The molecular formula is C54H48Cl2N6O8. The molecule has 14 nitrogen and oxygen atoms in total. The van der Waals surface area contributed by atoms with Crippen molar-refractivity contribution in [1.29, 1.82) is 10.5 Å². The average Bonchev–Trinajstić information content (AvgIpc) is 3.89. The van der Waals surface area contributed by atoms with E-state index in [1.54, 1.807) is 88.9 Å². The molecule has 0 radical (unpaired) electrons. The number of nitrogens with zero attached hydrogens (tertiary/aromatic N) is 6. The van der Waals surface area contributed by atoms with Gasteiger partial charge in [0.2, 0.25) is 11.8 Å². The van der Waals surface area contributed by atoms with Crippen LogP contribution in [0.25, 0.3) is 0 Å². The van der Waals surface area contributed by atoms with E-state index in [4.69, 9.17) is 32.7 Å². The summed E-state index contributed by atoms with van der Waals surface area (Å²) in [6.07, 6.45) is 2.76. The van der Waals surface area contributed by atoms with Crippen LogP contribution in [0.2, 0.25) is 10.0 Å². The van der Waals surface area contributed by atoms with E-state index in [-0.39, 0.29) is 34.7 Å². The summed E-state index contributed by atoms with van der Waals surface area (Å²) in [5.74, 6) is -4.10. The van der Waals surface area contributed by atoms with Crippen molar-refractivity contribution in [3.63, 3.8) is 0 Å². The number of aliphatic hydroxyl groups is 4. The molecule has 0 saturated heterocycles. The van der Waals surface area contributed by atoms with E-state index in [9.17, 15) is 40.5 Å². The maximum Gasteiger partial charge on any atom is 0.228 e. The lowest BCUT2D eigenvalue weighted by atomic mass is 9.70. The number of amides is 2. The zero-order chi connectivity index (χ0) is 50.3. The molecule has 0 bridgehead atoms. The second kappa shape index (κ2) is 16.9. The monoisotopic (exact) mass is 978 g/mol. The normalized spacial score (nSPS) is 30.7. The Morgan fingerprint density at radius 1 is 0.571 bits per heavy atom. The van der Waals surface area contributed by atoms with Crippen molar-refractivity contribution < 1.29 is 39.5 Å². The van der Waals surface area contributed by atoms with Crippen LogP contribution in [0.3, 0.4) is 0 Å². The van der Waals surface area contributed by atoms with E-state index in [0.29, 0.717) is 43.4 Å². The summed E-state index contributed by atoms with van der Waals surface area (Å²) in [6.45, 7) is 2.91. The Bertz CT molecular complexity index is 2920. The molecular weight excluding hydrogens is 932 g/mol. The van der Waals surface area contributed by atoms with Crippen LogP contribution in [0.4, 0.5) is 0 Å². The number of hydrogen-bond acceptors (Lipinski definition) is 12. The molecule has 2 aliphatic heterocycles. The summed E-state index contributed by atoms with van der Waals surface area (Å²) >= 11 is 12.4. The summed E-state index contributed by atoms with van der Waals surface area (Å²) in [5.41, 5.74) is -8.13. The molecule has 4 heterocycles. The van der Waals surface area contributed by atoms with E-state index in [2.05, 4.69) is 22.1 Å². The maximum atomic E-state index is 13.7. The van der Waals surface area contributed by atoms with Crippen LogP contribution in [0.15, 0.2) is 134 Å². The molecule has 2 aliphatic carbocycles. The van der Waals surface area contributed by atoms with Gasteiger partial charge in [0.1, 0.15) is 34.1 Å². The standard InChI is InChI=1S/2C27H24ClN3O4/c2*1-25(33)22(24(32)31(2)3)21(17-7-5-4-6-8-17)26(18-11-9-16(14-29)10-12-18)27(25,34)23-20(35-26)13-19(28)15-30-23/h2*4-13,15,21-22,33-34H,1-3H3/t21-,22+,25+,26+,27+;21-,22+,25-,26+,27+/m11/s1. The Balaban J connectivity index is 0.000000174. The zero-order valence-corrected chi connectivity index (χ0v) is 40.4. The number of aromatic nitrogens is 2. The van der Waals surface area contributed by atoms with Gasteiger partial charge in [0.05, 0.1) is 45.1 Å². The second-order valence-corrected chi connectivity index (χ2v) is 19.8.